The number of halogens is 3. The molecule has 0 aromatic carbocycles. The zero-order valence-electron chi connectivity index (χ0n) is 21.5. The summed E-state index contributed by atoms with van der Waals surface area (Å²) in [5.41, 5.74) is 1.79. The van der Waals surface area contributed by atoms with Crippen molar-refractivity contribution in [3.05, 3.63) is 64.0 Å². The average molecular weight is 568 g/mol. The van der Waals surface area contributed by atoms with E-state index in [1.807, 2.05) is 17.7 Å². The summed E-state index contributed by atoms with van der Waals surface area (Å²) in [6, 6.07) is 3.59. The Balaban J connectivity index is 0.000000214. The fourth-order valence-corrected chi connectivity index (χ4v) is 4.27. The summed E-state index contributed by atoms with van der Waals surface area (Å²) in [6.07, 6.45) is 6.78. The second kappa shape index (κ2) is 16.4. The largest absolute Gasteiger partial charge is 0.437 e. The van der Waals surface area contributed by atoms with Crippen LogP contribution in [0.5, 0.6) is 0 Å². The number of nitrogens with one attached hydrogen (secondary N) is 1. The lowest BCUT2D eigenvalue weighted by Crippen LogP contribution is -2.51. The number of hydrogen-bond acceptors (Lipinski definition) is 8. The molecule has 0 radical (unpaired) electrons. The maximum absolute atomic E-state index is 9.51. The summed E-state index contributed by atoms with van der Waals surface area (Å²) >= 11 is 17.4. The fraction of sp³-hybridized carbons (Fsp3) is 0.417. The highest BCUT2D eigenvalue weighted by Gasteiger charge is 2.24. The van der Waals surface area contributed by atoms with Crippen LogP contribution in [0.2, 0.25) is 28.8 Å². The first kappa shape index (κ1) is 31.6. The summed E-state index contributed by atoms with van der Waals surface area (Å²) in [6.45, 7) is 18.1. The van der Waals surface area contributed by atoms with Crippen molar-refractivity contribution in [1.29, 1.82) is 0 Å². The molecule has 4 heterocycles. The third-order valence-corrected chi connectivity index (χ3v) is 6.92. The molecule has 0 aliphatic carbocycles. The van der Waals surface area contributed by atoms with E-state index in [2.05, 4.69) is 38.2 Å². The van der Waals surface area contributed by atoms with E-state index in [-0.39, 0.29) is 7.05 Å². The predicted molar refractivity (Wildman–Crippen MR) is 160 cm³/mol. The van der Waals surface area contributed by atoms with E-state index in [0.29, 0.717) is 15.2 Å². The SMILES string of the molecule is C=Cc1cnc(Cl)c(Cl)c1.C=Cc1cnc(N2CCN(B(C)O)CC2)c(Cl)c1.CB(O)N1CCNCC1. The Labute approximate surface area is 236 Å². The fourth-order valence-electron chi connectivity index (χ4n) is 3.70. The van der Waals surface area contributed by atoms with Crippen LogP contribution in [-0.4, -0.2) is 96.1 Å². The lowest BCUT2D eigenvalue weighted by molar-refractivity contribution is 0.324. The molecule has 2 aromatic rings. The van der Waals surface area contributed by atoms with E-state index in [1.165, 1.54) is 0 Å². The standard InChI is InChI=1S/C12H17BClN3O.C7H5Cl2N.C5H13BN2O/c1-3-10-8-11(14)12(15-9-10)16-4-6-17(7-5-16)13(2)18;1-2-5-3-6(8)7(9)10-4-5;1-6(9)8-4-2-7-3-5-8/h3,8-9,18H,1,4-7H2,2H3;2-4H,1H2;7,9H,2-5H2,1H3. The molecular weight excluding hydrogens is 532 g/mol. The second-order valence-corrected chi connectivity index (χ2v) is 9.77. The summed E-state index contributed by atoms with van der Waals surface area (Å²) in [4.78, 5) is 14.4. The molecule has 0 saturated carbocycles. The van der Waals surface area contributed by atoms with Crippen LogP contribution in [0.1, 0.15) is 11.1 Å². The van der Waals surface area contributed by atoms with E-state index in [1.54, 1.807) is 37.4 Å². The highest BCUT2D eigenvalue weighted by atomic mass is 35.5. The molecule has 2 saturated heterocycles. The summed E-state index contributed by atoms with van der Waals surface area (Å²) in [7, 11) is -0.661. The van der Waals surface area contributed by atoms with Gasteiger partial charge in [-0.25, -0.2) is 9.97 Å². The van der Waals surface area contributed by atoms with Crippen molar-refractivity contribution in [3.8, 4) is 0 Å². The van der Waals surface area contributed by atoms with Crippen molar-refractivity contribution >= 4 is 66.9 Å². The van der Waals surface area contributed by atoms with Gasteiger partial charge in [0.1, 0.15) is 11.0 Å². The number of pyridine rings is 2. The monoisotopic (exact) mass is 566 g/mol. The van der Waals surface area contributed by atoms with Gasteiger partial charge in [-0.3, -0.25) is 0 Å². The molecule has 0 spiro atoms. The molecule has 4 rings (SSSR count). The Morgan fingerprint density at radius 3 is 1.73 bits per heavy atom. The summed E-state index contributed by atoms with van der Waals surface area (Å²) in [5, 5.41) is 23.2. The molecule has 0 unspecified atom stereocenters. The van der Waals surface area contributed by atoms with Gasteiger partial charge < -0.3 is 29.9 Å². The van der Waals surface area contributed by atoms with E-state index in [4.69, 9.17) is 39.8 Å². The number of nitrogens with zero attached hydrogens (tertiary/aromatic N) is 5. The molecule has 37 heavy (non-hydrogen) atoms. The van der Waals surface area contributed by atoms with Crippen LogP contribution >= 0.6 is 34.8 Å². The molecule has 2 fully saturated rings. The Morgan fingerprint density at radius 1 is 0.811 bits per heavy atom. The van der Waals surface area contributed by atoms with Gasteiger partial charge in [0.25, 0.3) is 0 Å². The van der Waals surface area contributed by atoms with Gasteiger partial charge in [0.2, 0.25) is 0 Å². The zero-order chi connectivity index (χ0) is 27.4. The lowest BCUT2D eigenvalue weighted by Gasteiger charge is -2.36. The van der Waals surface area contributed by atoms with Gasteiger partial charge in [-0.1, -0.05) is 60.1 Å². The smallest absolute Gasteiger partial charge is 0.376 e. The number of anilines is 1. The van der Waals surface area contributed by atoms with E-state index < -0.39 is 7.05 Å². The van der Waals surface area contributed by atoms with Crippen LogP contribution in [0.25, 0.3) is 12.2 Å². The molecular formula is C24H35B2Cl3N6O2. The quantitative estimate of drug-likeness (QED) is 0.373. The highest BCUT2D eigenvalue weighted by Crippen LogP contribution is 2.25. The first-order valence-corrected chi connectivity index (χ1v) is 13.3. The predicted octanol–water partition coefficient (Wildman–Crippen LogP) is 3.64. The molecule has 200 valence electrons. The van der Waals surface area contributed by atoms with Crippen molar-refractivity contribution in [3.63, 3.8) is 0 Å². The minimum Gasteiger partial charge on any atom is -0.437 e. The van der Waals surface area contributed by atoms with Crippen molar-refractivity contribution < 1.29 is 10.0 Å². The highest BCUT2D eigenvalue weighted by molar-refractivity contribution is 6.45. The molecule has 2 aliphatic heterocycles. The Bertz CT molecular complexity index is 1000. The molecule has 2 aliphatic rings. The lowest BCUT2D eigenvalue weighted by atomic mass is 9.84. The van der Waals surface area contributed by atoms with Gasteiger partial charge in [-0.15, -0.1) is 0 Å². The number of aromatic nitrogens is 2. The molecule has 13 heteroatoms. The van der Waals surface area contributed by atoms with Crippen molar-refractivity contribution in [1.82, 2.24) is 24.9 Å². The average Bonchev–Trinajstić information content (AvgIpc) is 2.91. The molecule has 0 amide bonds. The van der Waals surface area contributed by atoms with Gasteiger partial charge >= 0.3 is 14.1 Å². The van der Waals surface area contributed by atoms with Gasteiger partial charge in [-0.2, -0.15) is 0 Å². The van der Waals surface area contributed by atoms with Crippen LogP contribution in [0.3, 0.4) is 0 Å². The Morgan fingerprint density at radius 2 is 1.30 bits per heavy atom. The Kier molecular flexibility index (Phi) is 14.0. The molecule has 0 bridgehead atoms. The molecule has 8 nitrogen and oxygen atoms in total. The summed E-state index contributed by atoms with van der Waals surface area (Å²) in [5.74, 6) is 0.813. The second-order valence-electron chi connectivity index (χ2n) is 8.60. The van der Waals surface area contributed by atoms with E-state index in [9.17, 15) is 5.02 Å². The topological polar surface area (TPSA) is 88.0 Å². The van der Waals surface area contributed by atoms with Gasteiger partial charge in [0, 0.05) is 64.8 Å². The molecule has 3 N–H and O–H groups in total. The van der Waals surface area contributed by atoms with Crippen molar-refractivity contribution in [2.45, 2.75) is 13.6 Å². The number of rotatable bonds is 5. The van der Waals surface area contributed by atoms with Crippen molar-refractivity contribution in [2.75, 3.05) is 57.3 Å². The van der Waals surface area contributed by atoms with Crippen LogP contribution < -0.4 is 10.2 Å². The zero-order valence-corrected chi connectivity index (χ0v) is 23.7. The minimum absolute atomic E-state index is 0.271. The molecule has 0 atom stereocenters. The van der Waals surface area contributed by atoms with E-state index >= 15 is 0 Å². The first-order chi connectivity index (χ1) is 17.7. The van der Waals surface area contributed by atoms with Crippen LogP contribution in [-0.2, 0) is 0 Å². The molecule has 2 aromatic heterocycles. The maximum atomic E-state index is 9.51. The summed E-state index contributed by atoms with van der Waals surface area (Å²) < 4.78 is 0. The Hall–Kier alpha value is -1.62. The van der Waals surface area contributed by atoms with Gasteiger partial charge in [-0.05, 0) is 36.9 Å². The van der Waals surface area contributed by atoms with Crippen LogP contribution in [0.15, 0.2) is 37.7 Å². The van der Waals surface area contributed by atoms with Crippen LogP contribution in [0, 0.1) is 0 Å². The van der Waals surface area contributed by atoms with Gasteiger partial charge in [0.15, 0.2) is 0 Å². The maximum Gasteiger partial charge on any atom is 0.376 e. The van der Waals surface area contributed by atoms with Gasteiger partial charge in [0.05, 0.1) is 10.0 Å². The third kappa shape index (κ3) is 10.6. The third-order valence-electron chi connectivity index (χ3n) is 5.95. The van der Waals surface area contributed by atoms with E-state index in [0.717, 1.165) is 69.3 Å². The number of hydrogen-bond donors (Lipinski definition) is 3. The van der Waals surface area contributed by atoms with Crippen LogP contribution in [0.4, 0.5) is 5.82 Å². The van der Waals surface area contributed by atoms with Crippen molar-refractivity contribution in [2.24, 2.45) is 0 Å². The minimum atomic E-state index is -0.390. The normalized spacial score (nSPS) is 16.0. The first-order valence-electron chi connectivity index (χ1n) is 12.2. The number of piperazine rings is 2.